The highest BCUT2D eigenvalue weighted by molar-refractivity contribution is 5.90. The van der Waals surface area contributed by atoms with Crippen molar-refractivity contribution in [2.24, 2.45) is 0 Å². The number of aromatic nitrogens is 1. The molecule has 0 aromatic carbocycles. The van der Waals surface area contributed by atoms with Crippen molar-refractivity contribution in [1.82, 2.24) is 9.88 Å². The quantitative estimate of drug-likeness (QED) is 0.722. The maximum absolute atomic E-state index is 11.4. The van der Waals surface area contributed by atoms with E-state index in [-0.39, 0.29) is 5.97 Å². The molecule has 0 aliphatic carbocycles. The first kappa shape index (κ1) is 16.4. The van der Waals surface area contributed by atoms with Gasteiger partial charge in [0.2, 0.25) is 0 Å². The molecule has 0 atom stereocenters. The third-order valence-corrected chi connectivity index (χ3v) is 2.97. The Labute approximate surface area is 120 Å². The molecule has 0 aliphatic heterocycles. The lowest BCUT2D eigenvalue weighted by Crippen LogP contribution is -2.28. The Morgan fingerprint density at radius 3 is 2.70 bits per heavy atom. The maximum Gasteiger partial charge on any atom is 0.339 e. The number of nitrogens with one attached hydrogen (secondary N) is 1. The molecule has 0 fully saturated rings. The number of pyridine rings is 1. The van der Waals surface area contributed by atoms with Crippen molar-refractivity contribution < 1.29 is 14.3 Å². The molecule has 0 amide bonds. The van der Waals surface area contributed by atoms with Gasteiger partial charge in [-0.2, -0.15) is 0 Å². The van der Waals surface area contributed by atoms with E-state index in [9.17, 15) is 4.79 Å². The van der Waals surface area contributed by atoms with Crippen LogP contribution in [0, 0.1) is 6.92 Å². The summed E-state index contributed by atoms with van der Waals surface area (Å²) in [7, 11) is 5.10. The Kier molecular flexibility index (Phi) is 6.97. The zero-order valence-electron chi connectivity index (χ0n) is 12.6. The van der Waals surface area contributed by atoms with Crippen LogP contribution in [0.5, 0.6) is 0 Å². The molecule has 0 unspecified atom stereocenters. The first-order valence-corrected chi connectivity index (χ1v) is 6.55. The van der Waals surface area contributed by atoms with E-state index >= 15 is 0 Å². The average Bonchev–Trinajstić information content (AvgIpc) is 2.44. The largest absolute Gasteiger partial charge is 0.465 e. The number of carbonyl (C=O) groups is 1. The molecule has 1 aromatic heterocycles. The molecule has 1 heterocycles. The van der Waals surface area contributed by atoms with Gasteiger partial charge in [-0.15, -0.1) is 0 Å². The number of methoxy groups -OCH3 is 2. The average molecular weight is 281 g/mol. The summed E-state index contributed by atoms with van der Waals surface area (Å²) in [5, 5.41) is 3.23. The Hall–Kier alpha value is -1.66. The van der Waals surface area contributed by atoms with Gasteiger partial charge in [-0.1, -0.05) is 0 Å². The van der Waals surface area contributed by atoms with Crippen LogP contribution < -0.4 is 5.32 Å². The lowest BCUT2D eigenvalue weighted by atomic mass is 10.2. The zero-order valence-corrected chi connectivity index (χ0v) is 12.6. The van der Waals surface area contributed by atoms with E-state index < -0.39 is 0 Å². The maximum atomic E-state index is 11.4. The second kappa shape index (κ2) is 8.50. The minimum absolute atomic E-state index is 0.360. The van der Waals surface area contributed by atoms with Crippen LogP contribution in [0.2, 0.25) is 0 Å². The van der Waals surface area contributed by atoms with Crippen LogP contribution in [-0.2, 0) is 9.47 Å². The monoisotopic (exact) mass is 281 g/mol. The fourth-order valence-corrected chi connectivity index (χ4v) is 1.72. The summed E-state index contributed by atoms with van der Waals surface area (Å²) in [5.41, 5.74) is 1.16. The summed E-state index contributed by atoms with van der Waals surface area (Å²) < 4.78 is 9.71. The fraction of sp³-hybridized carbons (Fsp3) is 0.571. The lowest BCUT2D eigenvalue weighted by molar-refractivity contribution is 0.0599. The summed E-state index contributed by atoms with van der Waals surface area (Å²) in [6.45, 7) is 5.09. The minimum atomic E-state index is -0.360. The van der Waals surface area contributed by atoms with E-state index in [4.69, 9.17) is 4.74 Å². The Balaban J connectivity index is 2.45. The van der Waals surface area contributed by atoms with Crippen LogP contribution >= 0.6 is 0 Å². The van der Waals surface area contributed by atoms with E-state index in [1.807, 2.05) is 7.05 Å². The van der Waals surface area contributed by atoms with Gasteiger partial charge in [0.1, 0.15) is 5.82 Å². The molecular formula is C14H23N3O3. The van der Waals surface area contributed by atoms with Gasteiger partial charge in [0.05, 0.1) is 25.0 Å². The normalized spacial score (nSPS) is 10.7. The van der Waals surface area contributed by atoms with Crippen molar-refractivity contribution in [2.75, 3.05) is 52.8 Å². The molecule has 0 aliphatic rings. The molecule has 1 rings (SSSR count). The highest BCUT2D eigenvalue weighted by Gasteiger charge is 2.10. The summed E-state index contributed by atoms with van der Waals surface area (Å²) in [4.78, 5) is 18.0. The molecule has 6 nitrogen and oxygen atoms in total. The molecule has 0 radical (unpaired) electrons. The highest BCUT2D eigenvalue weighted by Crippen LogP contribution is 2.11. The second-order valence-electron chi connectivity index (χ2n) is 4.54. The number of hydrogen-bond acceptors (Lipinski definition) is 6. The van der Waals surface area contributed by atoms with Crippen LogP contribution in [0.15, 0.2) is 12.1 Å². The number of nitrogens with zero attached hydrogens (tertiary/aromatic N) is 2. The van der Waals surface area contributed by atoms with Crippen molar-refractivity contribution in [3.8, 4) is 0 Å². The smallest absolute Gasteiger partial charge is 0.339 e. The number of rotatable bonds is 8. The molecule has 20 heavy (non-hydrogen) atoms. The van der Waals surface area contributed by atoms with E-state index in [0.29, 0.717) is 11.3 Å². The number of likely N-dealkylation sites (N-methyl/N-ethyl adjacent to an activating group) is 1. The fourth-order valence-electron chi connectivity index (χ4n) is 1.72. The summed E-state index contributed by atoms with van der Waals surface area (Å²) in [6, 6.07) is 3.51. The molecule has 6 heteroatoms. The van der Waals surface area contributed by atoms with Crippen LogP contribution in [0.3, 0.4) is 0 Å². The molecular weight excluding hydrogens is 258 g/mol. The van der Waals surface area contributed by atoms with Crippen LogP contribution in [0.4, 0.5) is 5.82 Å². The standard InChI is InChI=1S/C14H23N3O3/c1-11-12(14(18)20-4)5-6-13(16-11)15-7-8-17(2)9-10-19-3/h5-6H,7-10H2,1-4H3,(H,15,16). The number of anilines is 1. The minimum Gasteiger partial charge on any atom is -0.465 e. The summed E-state index contributed by atoms with van der Waals surface area (Å²) in [6.07, 6.45) is 0. The van der Waals surface area contributed by atoms with Gasteiger partial charge in [0.25, 0.3) is 0 Å². The van der Waals surface area contributed by atoms with Crippen molar-refractivity contribution in [3.05, 3.63) is 23.4 Å². The predicted octanol–water partition coefficient (Wildman–Crippen LogP) is 1.17. The number of hydrogen-bond donors (Lipinski definition) is 1. The molecule has 1 aromatic rings. The van der Waals surface area contributed by atoms with Gasteiger partial charge >= 0.3 is 5.97 Å². The van der Waals surface area contributed by atoms with Gasteiger partial charge in [0.15, 0.2) is 0 Å². The molecule has 0 spiro atoms. The number of aryl methyl sites for hydroxylation is 1. The van der Waals surface area contributed by atoms with Crippen molar-refractivity contribution in [3.63, 3.8) is 0 Å². The number of ether oxygens (including phenoxy) is 2. The molecule has 0 bridgehead atoms. The first-order valence-electron chi connectivity index (χ1n) is 6.55. The van der Waals surface area contributed by atoms with E-state index in [1.165, 1.54) is 7.11 Å². The van der Waals surface area contributed by atoms with Crippen molar-refractivity contribution in [2.45, 2.75) is 6.92 Å². The van der Waals surface area contributed by atoms with Gasteiger partial charge in [0, 0.05) is 26.7 Å². The number of esters is 1. The SMILES string of the molecule is COCCN(C)CCNc1ccc(C(=O)OC)c(C)n1. The van der Waals surface area contributed by atoms with E-state index in [2.05, 4.69) is 19.9 Å². The topological polar surface area (TPSA) is 63.7 Å². The predicted molar refractivity (Wildman–Crippen MR) is 78.2 cm³/mol. The molecule has 112 valence electrons. The van der Waals surface area contributed by atoms with E-state index in [1.54, 1.807) is 26.2 Å². The van der Waals surface area contributed by atoms with Crippen LogP contribution in [0.25, 0.3) is 0 Å². The first-order chi connectivity index (χ1) is 9.58. The third kappa shape index (κ3) is 5.14. The highest BCUT2D eigenvalue weighted by atomic mass is 16.5. The van der Waals surface area contributed by atoms with Gasteiger partial charge in [-0.05, 0) is 26.1 Å². The third-order valence-electron chi connectivity index (χ3n) is 2.97. The molecule has 0 saturated heterocycles. The van der Waals surface area contributed by atoms with Crippen molar-refractivity contribution in [1.29, 1.82) is 0 Å². The summed E-state index contributed by atoms with van der Waals surface area (Å²) in [5.74, 6) is 0.399. The number of carbonyl (C=O) groups excluding carboxylic acids is 1. The van der Waals surface area contributed by atoms with Gasteiger partial charge in [-0.3, -0.25) is 0 Å². The van der Waals surface area contributed by atoms with Gasteiger partial charge in [-0.25, -0.2) is 9.78 Å². The Bertz CT molecular complexity index is 438. The van der Waals surface area contributed by atoms with E-state index in [0.717, 1.165) is 32.1 Å². The molecule has 0 saturated carbocycles. The van der Waals surface area contributed by atoms with Crippen molar-refractivity contribution >= 4 is 11.8 Å². The van der Waals surface area contributed by atoms with Crippen LogP contribution in [-0.4, -0.2) is 63.4 Å². The van der Waals surface area contributed by atoms with Crippen LogP contribution in [0.1, 0.15) is 16.1 Å². The Morgan fingerprint density at radius 1 is 1.35 bits per heavy atom. The Morgan fingerprint density at radius 2 is 2.10 bits per heavy atom. The second-order valence-corrected chi connectivity index (χ2v) is 4.54. The van der Waals surface area contributed by atoms with Gasteiger partial charge < -0.3 is 19.7 Å². The zero-order chi connectivity index (χ0) is 15.0. The lowest BCUT2D eigenvalue weighted by Gasteiger charge is -2.16. The molecule has 1 N–H and O–H groups in total. The summed E-state index contributed by atoms with van der Waals surface area (Å²) >= 11 is 0.